The van der Waals surface area contributed by atoms with E-state index in [2.05, 4.69) is 25.4 Å². The quantitative estimate of drug-likeness (QED) is 0.479. The molecule has 0 aromatic heterocycles. The molecule has 150 valence electrons. The van der Waals surface area contributed by atoms with Gasteiger partial charge < -0.3 is 15.5 Å². The number of piperazine rings is 1. The first-order valence-electron chi connectivity index (χ1n) is 9.32. The van der Waals surface area contributed by atoms with Gasteiger partial charge in [0.25, 0.3) is 0 Å². The SMILES string of the molecule is CN=C(NCCS(=O)(=O)C(C)(C)C)N1CCN(CC(=O)NC2CC2)CC1. The molecule has 2 fully saturated rings. The number of guanidine groups is 1. The van der Waals surface area contributed by atoms with Crippen LogP contribution in [-0.2, 0) is 14.6 Å². The van der Waals surface area contributed by atoms with Crippen molar-refractivity contribution in [3.63, 3.8) is 0 Å². The molecule has 9 heteroatoms. The molecule has 26 heavy (non-hydrogen) atoms. The first-order chi connectivity index (χ1) is 12.1. The Morgan fingerprint density at radius 3 is 2.27 bits per heavy atom. The molecule has 2 N–H and O–H groups in total. The molecule has 0 unspecified atom stereocenters. The topological polar surface area (TPSA) is 94.1 Å². The number of nitrogens with one attached hydrogen (secondary N) is 2. The zero-order valence-electron chi connectivity index (χ0n) is 16.4. The van der Waals surface area contributed by atoms with Crippen LogP contribution < -0.4 is 10.6 Å². The highest BCUT2D eigenvalue weighted by molar-refractivity contribution is 7.92. The summed E-state index contributed by atoms with van der Waals surface area (Å²) in [5.41, 5.74) is 0. The maximum absolute atomic E-state index is 12.2. The molecule has 0 atom stereocenters. The Balaban J connectivity index is 1.73. The van der Waals surface area contributed by atoms with Crippen molar-refractivity contribution in [2.24, 2.45) is 4.99 Å². The van der Waals surface area contributed by atoms with Gasteiger partial charge in [0.2, 0.25) is 5.91 Å². The van der Waals surface area contributed by atoms with E-state index in [1.165, 1.54) is 0 Å². The van der Waals surface area contributed by atoms with Crippen molar-refractivity contribution >= 4 is 21.7 Å². The maximum Gasteiger partial charge on any atom is 0.234 e. The molecule has 0 spiro atoms. The molecule has 0 aromatic carbocycles. The molecule has 1 aliphatic carbocycles. The fourth-order valence-corrected chi connectivity index (χ4v) is 3.74. The molecular formula is C17H33N5O3S. The Labute approximate surface area is 157 Å². The molecule has 1 amide bonds. The van der Waals surface area contributed by atoms with Crippen LogP contribution in [0.5, 0.6) is 0 Å². The highest BCUT2D eigenvalue weighted by atomic mass is 32.2. The molecule has 2 aliphatic rings. The minimum atomic E-state index is -3.15. The molecule has 2 rings (SSSR count). The maximum atomic E-state index is 12.2. The van der Waals surface area contributed by atoms with Crippen LogP contribution in [0.1, 0.15) is 33.6 Å². The van der Waals surface area contributed by atoms with Gasteiger partial charge in [-0.15, -0.1) is 0 Å². The minimum absolute atomic E-state index is 0.0802. The predicted molar refractivity (Wildman–Crippen MR) is 104 cm³/mol. The van der Waals surface area contributed by atoms with E-state index in [-0.39, 0.29) is 11.7 Å². The van der Waals surface area contributed by atoms with Gasteiger partial charge in [-0.2, -0.15) is 0 Å². The monoisotopic (exact) mass is 387 g/mol. The molecule has 8 nitrogen and oxygen atoms in total. The molecule has 0 bridgehead atoms. The van der Waals surface area contributed by atoms with E-state index in [0.717, 1.165) is 45.0 Å². The third kappa shape index (κ3) is 6.12. The van der Waals surface area contributed by atoms with Crippen LogP contribution in [0.3, 0.4) is 0 Å². The number of rotatable bonds is 6. The van der Waals surface area contributed by atoms with Crippen molar-refractivity contribution < 1.29 is 13.2 Å². The number of carbonyl (C=O) groups excluding carboxylic acids is 1. The molecule has 1 aliphatic heterocycles. The lowest BCUT2D eigenvalue weighted by molar-refractivity contribution is -0.122. The lowest BCUT2D eigenvalue weighted by atomic mass is 10.3. The van der Waals surface area contributed by atoms with Crippen LogP contribution in [0, 0.1) is 0 Å². The van der Waals surface area contributed by atoms with Gasteiger partial charge in [0, 0.05) is 45.8 Å². The lowest BCUT2D eigenvalue weighted by Crippen LogP contribution is -2.54. The summed E-state index contributed by atoms with van der Waals surface area (Å²) in [5, 5.41) is 6.17. The number of sulfone groups is 1. The van der Waals surface area contributed by atoms with E-state index in [9.17, 15) is 13.2 Å². The third-order valence-electron chi connectivity index (χ3n) is 4.78. The van der Waals surface area contributed by atoms with Gasteiger partial charge in [0.1, 0.15) is 0 Å². The molecule has 1 saturated heterocycles. The van der Waals surface area contributed by atoms with Crippen LogP contribution >= 0.6 is 0 Å². The van der Waals surface area contributed by atoms with Crippen molar-refractivity contribution in [2.75, 3.05) is 52.1 Å². The normalized spacial score (nSPS) is 20.2. The smallest absolute Gasteiger partial charge is 0.234 e. The second-order valence-electron chi connectivity index (χ2n) is 8.01. The number of hydrogen-bond donors (Lipinski definition) is 2. The first-order valence-corrected chi connectivity index (χ1v) is 11.0. The van der Waals surface area contributed by atoms with Crippen molar-refractivity contribution in [1.29, 1.82) is 0 Å². The number of nitrogens with zero attached hydrogens (tertiary/aromatic N) is 3. The van der Waals surface area contributed by atoms with E-state index in [1.54, 1.807) is 27.8 Å². The molecular weight excluding hydrogens is 354 g/mol. The Kier molecular flexibility index (Phi) is 6.90. The average molecular weight is 388 g/mol. The van der Waals surface area contributed by atoms with Crippen LogP contribution in [0.25, 0.3) is 0 Å². The van der Waals surface area contributed by atoms with Gasteiger partial charge in [-0.05, 0) is 33.6 Å². The Bertz CT molecular complexity index is 615. The predicted octanol–water partition coefficient (Wildman–Crippen LogP) is -0.329. The largest absolute Gasteiger partial charge is 0.355 e. The summed E-state index contributed by atoms with van der Waals surface area (Å²) in [5.74, 6) is 0.906. The van der Waals surface area contributed by atoms with E-state index in [0.29, 0.717) is 19.1 Å². The highest BCUT2D eigenvalue weighted by Crippen LogP contribution is 2.18. The minimum Gasteiger partial charge on any atom is -0.355 e. The average Bonchev–Trinajstić information content (AvgIpc) is 3.35. The first kappa shape index (κ1) is 21.0. The summed E-state index contributed by atoms with van der Waals surface area (Å²) in [7, 11) is -1.44. The van der Waals surface area contributed by atoms with Crippen LogP contribution in [-0.4, -0.2) is 92.9 Å². The summed E-state index contributed by atoms with van der Waals surface area (Å²) in [6, 6.07) is 0.399. The van der Waals surface area contributed by atoms with E-state index in [4.69, 9.17) is 0 Å². The Hall–Kier alpha value is -1.35. The van der Waals surface area contributed by atoms with Gasteiger partial charge in [-0.3, -0.25) is 14.7 Å². The Morgan fingerprint density at radius 2 is 1.77 bits per heavy atom. The summed E-state index contributed by atoms with van der Waals surface area (Å²) in [6.45, 7) is 9.06. The van der Waals surface area contributed by atoms with Gasteiger partial charge in [0.05, 0.1) is 17.0 Å². The molecule has 1 saturated carbocycles. The zero-order chi connectivity index (χ0) is 19.4. The Morgan fingerprint density at radius 1 is 1.15 bits per heavy atom. The summed E-state index contributed by atoms with van der Waals surface area (Å²) < 4.78 is 23.6. The van der Waals surface area contributed by atoms with E-state index < -0.39 is 14.6 Å². The third-order valence-corrected chi connectivity index (χ3v) is 7.39. The van der Waals surface area contributed by atoms with E-state index in [1.807, 2.05) is 0 Å². The van der Waals surface area contributed by atoms with E-state index >= 15 is 0 Å². The van der Waals surface area contributed by atoms with Crippen molar-refractivity contribution in [2.45, 2.75) is 44.4 Å². The lowest BCUT2D eigenvalue weighted by Gasteiger charge is -2.36. The fourth-order valence-electron chi connectivity index (χ4n) is 2.76. The van der Waals surface area contributed by atoms with Gasteiger partial charge in [-0.25, -0.2) is 8.42 Å². The van der Waals surface area contributed by atoms with Crippen molar-refractivity contribution in [3.8, 4) is 0 Å². The van der Waals surface area contributed by atoms with Gasteiger partial charge in [0.15, 0.2) is 15.8 Å². The standard InChI is InChI=1S/C17H33N5O3S/c1-17(2,3)26(24,25)12-7-19-16(18-4)22-10-8-21(9-11-22)13-15(23)20-14-5-6-14/h14H,5-13H2,1-4H3,(H,18,19)(H,20,23). The molecule has 0 aromatic rings. The summed E-state index contributed by atoms with van der Waals surface area (Å²) in [6.07, 6.45) is 2.21. The van der Waals surface area contributed by atoms with Crippen molar-refractivity contribution in [3.05, 3.63) is 0 Å². The van der Waals surface area contributed by atoms with Crippen LogP contribution in [0.2, 0.25) is 0 Å². The van der Waals surface area contributed by atoms with Crippen molar-refractivity contribution in [1.82, 2.24) is 20.4 Å². The highest BCUT2D eigenvalue weighted by Gasteiger charge is 2.29. The van der Waals surface area contributed by atoms with Gasteiger partial charge >= 0.3 is 0 Å². The molecule has 0 radical (unpaired) electrons. The zero-order valence-corrected chi connectivity index (χ0v) is 17.2. The summed E-state index contributed by atoms with van der Waals surface area (Å²) >= 11 is 0. The molecule has 1 heterocycles. The fraction of sp³-hybridized carbons (Fsp3) is 0.882. The number of amides is 1. The van der Waals surface area contributed by atoms with Crippen LogP contribution in [0.4, 0.5) is 0 Å². The number of carbonyl (C=O) groups is 1. The number of aliphatic imine (C=N–C) groups is 1. The second-order valence-corrected chi connectivity index (χ2v) is 10.9. The number of hydrogen-bond acceptors (Lipinski definition) is 5. The second kappa shape index (κ2) is 8.56. The van der Waals surface area contributed by atoms with Gasteiger partial charge in [-0.1, -0.05) is 0 Å². The van der Waals surface area contributed by atoms with Crippen LogP contribution in [0.15, 0.2) is 4.99 Å². The summed E-state index contributed by atoms with van der Waals surface area (Å²) in [4.78, 5) is 20.4.